The summed E-state index contributed by atoms with van der Waals surface area (Å²) in [5.74, 6) is 1.04. The Kier molecular flexibility index (Phi) is 4.29. The lowest BCUT2D eigenvalue weighted by molar-refractivity contribution is 0.116. The molecule has 16 heavy (non-hydrogen) atoms. The second kappa shape index (κ2) is 5.53. The van der Waals surface area contributed by atoms with Crippen LogP contribution in [0.25, 0.3) is 0 Å². The molecule has 94 valence electrons. The maximum atomic E-state index is 3.73. The molecule has 0 heterocycles. The van der Waals surface area contributed by atoms with E-state index in [1.807, 2.05) is 0 Å². The SMILES string of the molecule is CC(C)NCC1(C2CCCCC2)CCCC1. The van der Waals surface area contributed by atoms with E-state index >= 15 is 0 Å². The van der Waals surface area contributed by atoms with Crippen molar-refractivity contribution in [2.24, 2.45) is 11.3 Å². The Hall–Kier alpha value is -0.0400. The molecule has 0 aromatic carbocycles. The van der Waals surface area contributed by atoms with Crippen molar-refractivity contribution in [1.29, 1.82) is 0 Å². The predicted octanol–water partition coefficient (Wildman–Crippen LogP) is 4.13. The third-order valence-electron chi connectivity index (χ3n) is 4.93. The van der Waals surface area contributed by atoms with E-state index in [9.17, 15) is 0 Å². The van der Waals surface area contributed by atoms with Gasteiger partial charge in [0.05, 0.1) is 0 Å². The highest BCUT2D eigenvalue weighted by Gasteiger charge is 2.40. The molecule has 2 aliphatic rings. The summed E-state index contributed by atoms with van der Waals surface area (Å²) in [6.07, 6.45) is 13.5. The Balaban J connectivity index is 1.96. The molecule has 2 aliphatic carbocycles. The van der Waals surface area contributed by atoms with Gasteiger partial charge in [0.25, 0.3) is 0 Å². The standard InChI is InChI=1S/C15H29N/c1-13(2)16-12-15(10-6-7-11-15)14-8-4-3-5-9-14/h13-14,16H,3-12H2,1-2H3. The van der Waals surface area contributed by atoms with Gasteiger partial charge in [-0.05, 0) is 37.0 Å². The van der Waals surface area contributed by atoms with E-state index in [1.165, 1.54) is 64.3 Å². The Labute approximate surface area is 101 Å². The Morgan fingerprint density at radius 2 is 1.62 bits per heavy atom. The monoisotopic (exact) mass is 223 g/mol. The highest BCUT2D eigenvalue weighted by molar-refractivity contribution is 4.93. The molecular formula is C15H29N. The molecular weight excluding hydrogens is 194 g/mol. The van der Waals surface area contributed by atoms with Crippen molar-refractivity contribution in [3.8, 4) is 0 Å². The van der Waals surface area contributed by atoms with Crippen molar-refractivity contribution in [1.82, 2.24) is 5.32 Å². The van der Waals surface area contributed by atoms with E-state index < -0.39 is 0 Å². The van der Waals surface area contributed by atoms with E-state index in [0.29, 0.717) is 11.5 Å². The maximum absolute atomic E-state index is 3.73. The van der Waals surface area contributed by atoms with Crippen LogP contribution in [0.1, 0.15) is 71.6 Å². The predicted molar refractivity (Wildman–Crippen MR) is 70.6 cm³/mol. The minimum Gasteiger partial charge on any atom is -0.314 e. The van der Waals surface area contributed by atoms with Gasteiger partial charge in [0.15, 0.2) is 0 Å². The van der Waals surface area contributed by atoms with Crippen molar-refractivity contribution < 1.29 is 0 Å². The second-order valence-corrected chi connectivity index (χ2v) is 6.44. The van der Waals surface area contributed by atoms with Crippen molar-refractivity contribution in [2.45, 2.75) is 77.7 Å². The third-order valence-corrected chi connectivity index (χ3v) is 4.93. The molecule has 2 rings (SSSR count). The van der Waals surface area contributed by atoms with Gasteiger partial charge in [-0.15, -0.1) is 0 Å². The van der Waals surface area contributed by atoms with Crippen LogP contribution in [0.3, 0.4) is 0 Å². The minimum absolute atomic E-state index is 0.654. The first-order chi connectivity index (χ1) is 7.73. The van der Waals surface area contributed by atoms with Crippen molar-refractivity contribution in [3.05, 3.63) is 0 Å². The second-order valence-electron chi connectivity index (χ2n) is 6.44. The first kappa shape index (κ1) is 12.4. The molecule has 0 amide bonds. The molecule has 0 atom stereocenters. The number of rotatable bonds is 4. The molecule has 1 heteroatoms. The molecule has 0 aromatic rings. The van der Waals surface area contributed by atoms with Gasteiger partial charge < -0.3 is 5.32 Å². The molecule has 2 fully saturated rings. The zero-order valence-corrected chi connectivity index (χ0v) is 11.2. The van der Waals surface area contributed by atoms with E-state index in [4.69, 9.17) is 0 Å². The van der Waals surface area contributed by atoms with E-state index in [-0.39, 0.29) is 0 Å². The van der Waals surface area contributed by atoms with E-state index in [0.717, 1.165) is 5.92 Å². The van der Waals surface area contributed by atoms with Crippen molar-refractivity contribution in [3.63, 3.8) is 0 Å². The lowest BCUT2D eigenvalue weighted by Crippen LogP contribution is -2.41. The molecule has 1 nitrogen and oxygen atoms in total. The fourth-order valence-electron chi connectivity index (χ4n) is 3.93. The summed E-state index contributed by atoms with van der Waals surface area (Å²) in [5, 5.41) is 3.73. The molecule has 0 aliphatic heterocycles. The quantitative estimate of drug-likeness (QED) is 0.756. The Morgan fingerprint density at radius 3 is 2.19 bits per heavy atom. The fourth-order valence-corrected chi connectivity index (χ4v) is 3.93. The van der Waals surface area contributed by atoms with Crippen LogP contribution in [0.15, 0.2) is 0 Å². The third kappa shape index (κ3) is 2.80. The molecule has 0 saturated heterocycles. The van der Waals surface area contributed by atoms with Gasteiger partial charge >= 0.3 is 0 Å². The molecule has 0 bridgehead atoms. The smallest absolute Gasteiger partial charge is 0.00128 e. The summed E-state index contributed by atoms with van der Waals surface area (Å²) in [5.41, 5.74) is 0.685. The van der Waals surface area contributed by atoms with Crippen LogP contribution in [0.5, 0.6) is 0 Å². The van der Waals surface area contributed by atoms with Gasteiger partial charge in [0, 0.05) is 12.6 Å². The zero-order chi connectivity index (χ0) is 11.4. The van der Waals surface area contributed by atoms with Crippen LogP contribution in [-0.2, 0) is 0 Å². The van der Waals surface area contributed by atoms with Crippen LogP contribution in [0, 0.1) is 11.3 Å². The zero-order valence-electron chi connectivity index (χ0n) is 11.2. The molecule has 0 unspecified atom stereocenters. The Morgan fingerprint density at radius 1 is 1.00 bits per heavy atom. The lowest BCUT2D eigenvalue weighted by atomic mass is 9.67. The summed E-state index contributed by atoms with van der Waals surface area (Å²) >= 11 is 0. The molecule has 1 N–H and O–H groups in total. The van der Waals surface area contributed by atoms with Crippen LogP contribution in [0.4, 0.5) is 0 Å². The van der Waals surface area contributed by atoms with Gasteiger partial charge in [0.2, 0.25) is 0 Å². The highest BCUT2D eigenvalue weighted by Crippen LogP contribution is 2.49. The maximum Gasteiger partial charge on any atom is 0.00128 e. The normalized spacial score (nSPS) is 26.4. The molecule has 0 spiro atoms. The first-order valence-electron chi connectivity index (χ1n) is 7.46. The van der Waals surface area contributed by atoms with Crippen LogP contribution >= 0.6 is 0 Å². The van der Waals surface area contributed by atoms with Gasteiger partial charge in [-0.1, -0.05) is 46.0 Å². The summed E-state index contributed by atoms with van der Waals surface area (Å²) in [6, 6.07) is 0.654. The van der Waals surface area contributed by atoms with Crippen LogP contribution in [-0.4, -0.2) is 12.6 Å². The minimum atomic E-state index is 0.654. The summed E-state index contributed by atoms with van der Waals surface area (Å²) < 4.78 is 0. The van der Waals surface area contributed by atoms with E-state index in [1.54, 1.807) is 0 Å². The average molecular weight is 223 g/mol. The van der Waals surface area contributed by atoms with Gasteiger partial charge in [0.1, 0.15) is 0 Å². The largest absolute Gasteiger partial charge is 0.314 e. The first-order valence-corrected chi connectivity index (χ1v) is 7.46. The summed E-state index contributed by atoms with van der Waals surface area (Å²) in [4.78, 5) is 0. The van der Waals surface area contributed by atoms with Crippen LogP contribution < -0.4 is 5.32 Å². The van der Waals surface area contributed by atoms with Gasteiger partial charge in [-0.3, -0.25) is 0 Å². The summed E-state index contributed by atoms with van der Waals surface area (Å²) in [6.45, 7) is 5.85. The number of nitrogens with one attached hydrogen (secondary N) is 1. The van der Waals surface area contributed by atoms with Crippen LogP contribution in [0.2, 0.25) is 0 Å². The molecule has 2 saturated carbocycles. The van der Waals surface area contributed by atoms with Crippen molar-refractivity contribution in [2.75, 3.05) is 6.54 Å². The molecule has 0 aromatic heterocycles. The van der Waals surface area contributed by atoms with E-state index in [2.05, 4.69) is 19.2 Å². The summed E-state index contributed by atoms with van der Waals surface area (Å²) in [7, 11) is 0. The van der Waals surface area contributed by atoms with Crippen molar-refractivity contribution >= 4 is 0 Å². The molecule has 0 radical (unpaired) electrons. The van der Waals surface area contributed by atoms with Gasteiger partial charge in [-0.25, -0.2) is 0 Å². The number of hydrogen-bond acceptors (Lipinski definition) is 1. The van der Waals surface area contributed by atoms with Gasteiger partial charge in [-0.2, -0.15) is 0 Å². The highest BCUT2D eigenvalue weighted by atomic mass is 14.9. The fraction of sp³-hybridized carbons (Fsp3) is 1.00. The average Bonchev–Trinajstić information content (AvgIpc) is 2.78. The Bertz CT molecular complexity index is 197. The number of hydrogen-bond donors (Lipinski definition) is 1. The topological polar surface area (TPSA) is 12.0 Å². The lowest BCUT2D eigenvalue weighted by Gasteiger charge is -2.41.